The lowest BCUT2D eigenvalue weighted by Crippen LogP contribution is -2.12. The van der Waals surface area contributed by atoms with Crippen molar-refractivity contribution in [3.63, 3.8) is 0 Å². The van der Waals surface area contributed by atoms with Crippen LogP contribution in [0, 0.1) is 23.3 Å². The first-order valence-electron chi connectivity index (χ1n) is 2.87. The van der Waals surface area contributed by atoms with Crippen LogP contribution in [-0.4, -0.2) is 0 Å². The predicted octanol–water partition coefficient (Wildman–Crippen LogP) is 2.11. The summed E-state index contributed by atoms with van der Waals surface area (Å²) >= 11 is 0. The zero-order valence-corrected chi connectivity index (χ0v) is 7.79. The van der Waals surface area contributed by atoms with Gasteiger partial charge in [0.25, 0.3) is 0 Å². The fourth-order valence-corrected chi connectivity index (χ4v) is 0.699. The topological polar surface area (TPSA) is 38.0 Å². The van der Waals surface area contributed by atoms with Crippen LogP contribution < -0.4 is 11.3 Å². The molecule has 1 rings (SSSR count). The normalized spacial score (nSPS) is 9.31. The summed E-state index contributed by atoms with van der Waals surface area (Å²) in [5.74, 6) is -1.66. The van der Waals surface area contributed by atoms with Gasteiger partial charge in [0.05, 0.1) is 0 Å². The monoisotopic (exact) mass is 260 g/mol. The Labute approximate surface area is 81.5 Å². The van der Waals surface area contributed by atoms with Gasteiger partial charge in [-0.1, -0.05) is 0 Å². The molecule has 0 unspecified atom stereocenters. The summed E-state index contributed by atoms with van der Waals surface area (Å²) in [5, 5.41) is 0. The van der Waals surface area contributed by atoms with Crippen LogP contribution in [0.25, 0.3) is 0 Å². The van der Waals surface area contributed by atoms with Crippen LogP contribution >= 0.6 is 17.0 Å². The molecule has 0 aliphatic carbocycles. The molecule has 0 radical (unpaired) electrons. The molecule has 74 valence electrons. The molecule has 0 aliphatic heterocycles. The second-order valence-corrected chi connectivity index (χ2v) is 1.99. The molecule has 0 atom stereocenters. The van der Waals surface area contributed by atoms with Crippen LogP contribution in [0.15, 0.2) is 6.07 Å². The first kappa shape index (κ1) is 12.2. The van der Waals surface area contributed by atoms with Crippen molar-refractivity contribution in [2.45, 2.75) is 0 Å². The number of hydrogen-bond acceptors (Lipinski definition) is 2. The molecule has 0 spiro atoms. The second kappa shape index (κ2) is 4.43. The Bertz CT molecular complexity index is 318. The lowest BCUT2D eigenvalue weighted by Gasteiger charge is -2.04. The number of anilines is 1. The van der Waals surface area contributed by atoms with E-state index in [4.69, 9.17) is 0 Å². The minimum absolute atomic E-state index is 0. The van der Waals surface area contributed by atoms with Gasteiger partial charge in [0.15, 0.2) is 23.3 Å². The molecule has 3 N–H and O–H groups in total. The van der Waals surface area contributed by atoms with Crippen LogP contribution in [0.4, 0.5) is 23.2 Å². The molecule has 0 heterocycles. The molecular formula is C6H5BrF4N2. The van der Waals surface area contributed by atoms with Crippen LogP contribution in [0.3, 0.4) is 0 Å². The highest BCUT2D eigenvalue weighted by Gasteiger charge is 2.17. The molecule has 0 saturated carbocycles. The average molecular weight is 261 g/mol. The zero-order valence-electron chi connectivity index (χ0n) is 6.07. The van der Waals surface area contributed by atoms with Gasteiger partial charge in [-0.2, -0.15) is 0 Å². The molecule has 1 aromatic carbocycles. The first-order valence-corrected chi connectivity index (χ1v) is 2.87. The predicted molar refractivity (Wildman–Crippen MR) is 44.4 cm³/mol. The second-order valence-electron chi connectivity index (χ2n) is 1.99. The maximum Gasteiger partial charge on any atom is 0.196 e. The van der Waals surface area contributed by atoms with Gasteiger partial charge >= 0.3 is 0 Å². The zero-order chi connectivity index (χ0) is 9.30. The van der Waals surface area contributed by atoms with E-state index < -0.39 is 29.0 Å². The van der Waals surface area contributed by atoms with Gasteiger partial charge in [-0.05, 0) is 0 Å². The van der Waals surface area contributed by atoms with Crippen molar-refractivity contribution in [2.24, 2.45) is 5.84 Å². The van der Waals surface area contributed by atoms with E-state index >= 15 is 0 Å². The van der Waals surface area contributed by atoms with Crippen LogP contribution in [0.2, 0.25) is 0 Å². The number of nitrogens with two attached hydrogens (primary N) is 1. The molecule has 0 saturated heterocycles. The quantitative estimate of drug-likeness (QED) is 0.267. The number of benzene rings is 1. The Hall–Kier alpha value is -0.820. The van der Waals surface area contributed by atoms with Gasteiger partial charge in [0, 0.05) is 6.07 Å². The van der Waals surface area contributed by atoms with Gasteiger partial charge in [-0.3, -0.25) is 5.84 Å². The molecule has 7 heteroatoms. The number of nitrogen functional groups attached to an aromatic ring is 1. The van der Waals surface area contributed by atoms with E-state index in [-0.39, 0.29) is 23.0 Å². The van der Waals surface area contributed by atoms with Crippen LogP contribution in [0.5, 0.6) is 0 Å². The summed E-state index contributed by atoms with van der Waals surface area (Å²) < 4.78 is 49.6. The van der Waals surface area contributed by atoms with E-state index in [1.54, 1.807) is 5.43 Å². The Morgan fingerprint density at radius 3 is 2.00 bits per heavy atom. The summed E-state index contributed by atoms with van der Waals surface area (Å²) in [5.41, 5.74) is 0.680. The fourth-order valence-electron chi connectivity index (χ4n) is 0.699. The Morgan fingerprint density at radius 1 is 1.00 bits per heavy atom. The SMILES string of the molecule is Br.NNc1c(F)cc(F)c(F)c1F. The number of rotatable bonds is 1. The smallest absolute Gasteiger partial charge is 0.196 e. The van der Waals surface area contributed by atoms with Gasteiger partial charge in [0.1, 0.15) is 5.69 Å². The first-order chi connectivity index (χ1) is 5.57. The lowest BCUT2D eigenvalue weighted by molar-refractivity contribution is 0.437. The van der Waals surface area contributed by atoms with E-state index in [0.717, 1.165) is 0 Å². The van der Waals surface area contributed by atoms with E-state index in [1.165, 1.54) is 0 Å². The summed E-state index contributed by atoms with van der Waals surface area (Å²) in [6.07, 6.45) is 0. The van der Waals surface area contributed by atoms with E-state index in [1.807, 2.05) is 0 Å². The molecule has 0 amide bonds. The molecule has 0 aromatic heterocycles. The number of halogens is 5. The van der Waals surface area contributed by atoms with Crippen molar-refractivity contribution in [3.05, 3.63) is 29.3 Å². The number of hydrazine groups is 1. The summed E-state index contributed by atoms with van der Waals surface area (Å²) in [4.78, 5) is 0. The van der Waals surface area contributed by atoms with E-state index in [2.05, 4.69) is 5.84 Å². The maximum absolute atomic E-state index is 12.5. The molecule has 1 aromatic rings. The lowest BCUT2D eigenvalue weighted by atomic mass is 10.2. The Morgan fingerprint density at radius 2 is 1.54 bits per heavy atom. The van der Waals surface area contributed by atoms with E-state index in [0.29, 0.717) is 0 Å². The highest BCUT2D eigenvalue weighted by molar-refractivity contribution is 8.93. The Balaban J connectivity index is 0.00000144. The maximum atomic E-state index is 12.5. The Kier molecular flexibility index (Phi) is 4.15. The number of hydrogen-bond donors (Lipinski definition) is 2. The fraction of sp³-hybridized carbons (Fsp3) is 0. The van der Waals surface area contributed by atoms with Crippen molar-refractivity contribution >= 4 is 22.7 Å². The molecule has 0 bridgehead atoms. The third-order valence-corrected chi connectivity index (χ3v) is 1.26. The van der Waals surface area contributed by atoms with Crippen molar-refractivity contribution in [1.29, 1.82) is 0 Å². The van der Waals surface area contributed by atoms with Crippen LogP contribution in [0.1, 0.15) is 0 Å². The molecule has 13 heavy (non-hydrogen) atoms. The van der Waals surface area contributed by atoms with Crippen molar-refractivity contribution in [1.82, 2.24) is 0 Å². The molecular weight excluding hydrogens is 256 g/mol. The van der Waals surface area contributed by atoms with Gasteiger partial charge in [-0.25, -0.2) is 17.6 Å². The van der Waals surface area contributed by atoms with Crippen molar-refractivity contribution in [3.8, 4) is 0 Å². The van der Waals surface area contributed by atoms with Crippen molar-refractivity contribution < 1.29 is 17.6 Å². The van der Waals surface area contributed by atoms with Gasteiger partial charge in [-0.15, -0.1) is 17.0 Å². The van der Waals surface area contributed by atoms with Crippen LogP contribution in [-0.2, 0) is 0 Å². The minimum atomic E-state index is -1.76. The van der Waals surface area contributed by atoms with Crippen molar-refractivity contribution in [2.75, 3.05) is 5.43 Å². The summed E-state index contributed by atoms with van der Waals surface area (Å²) in [6, 6.07) is 0.202. The third kappa shape index (κ3) is 2.10. The highest BCUT2D eigenvalue weighted by Crippen LogP contribution is 2.22. The average Bonchev–Trinajstić information content (AvgIpc) is 2.01. The summed E-state index contributed by atoms with van der Waals surface area (Å²) in [7, 11) is 0. The highest BCUT2D eigenvalue weighted by atomic mass is 79.9. The third-order valence-electron chi connectivity index (χ3n) is 1.26. The van der Waals surface area contributed by atoms with Gasteiger partial charge in [0.2, 0.25) is 0 Å². The summed E-state index contributed by atoms with van der Waals surface area (Å²) in [6.45, 7) is 0. The number of nitrogens with one attached hydrogen (secondary N) is 1. The standard InChI is InChI=1S/C6H4F4N2.BrH/c7-2-1-3(8)6(12-11)5(10)4(2)9;/h1,12H,11H2;1H. The molecule has 2 nitrogen and oxygen atoms in total. The minimum Gasteiger partial charge on any atom is -0.319 e. The molecule has 0 aliphatic rings. The largest absolute Gasteiger partial charge is 0.319 e. The van der Waals surface area contributed by atoms with E-state index in [9.17, 15) is 17.6 Å². The molecule has 0 fully saturated rings. The van der Waals surface area contributed by atoms with Gasteiger partial charge < -0.3 is 5.43 Å².